The maximum Gasteiger partial charge on any atom is 0.291 e. The topological polar surface area (TPSA) is 132 Å². The van der Waals surface area contributed by atoms with Crippen molar-refractivity contribution in [2.45, 2.75) is 13.8 Å². The third-order valence-corrected chi connectivity index (χ3v) is 5.50. The summed E-state index contributed by atoms with van der Waals surface area (Å²) in [6.45, 7) is 3.88. The van der Waals surface area contributed by atoms with Crippen LogP contribution in [0.15, 0.2) is 75.6 Å². The molecule has 0 saturated carbocycles. The fraction of sp³-hybridized carbons (Fsp3) is 0.0769. The first-order valence-corrected chi connectivity index (χ1v) is 10.7. The lowest BCUT2D eigenvalue weighted by atomic mass is 10.1. The average Bonchev–Trinajstić information content (AvgIpc) is 3.48. The minimum atomic E-state index is -0.560. The number of carbonyl (C=O) groups excluding carboxylic acids is 1. The summed E-state index contributed by atoms with van der Waals surface area (Å²) in [6.07, 6.45) is 0. The molecule has 0 aliphatic rings. The van der Waals surface area contributed by atoms with E-state index in [4.69, 9.17) is 8.83 Å². The van der Waals surface area contributed by atoms with Gasteiger partial charge < -0.3 is 19.3 Å². The molecule has 2 N–H and O–H groups in total. The van der Waals surface area contributed by atoms with Crippen molar-refractivity contribution < 1.29 is 23.7 Å². The highest BCUT2D eigenvalue weighted by atomic mass is 16.6. The lowest BCUT2D eigenvalue weighted by Crippen LogP contribution is -2.10. The second-order valence-electron chi connectivity index (χ2n) is 8.07. The lowest BCUT2D eigenvalue weighted by molar-refractivity contribution is -0.384. The second kappa shape index (κ2) is 8.45. The first-order chi connectivity index (χ1) is 16.8. The third-order valence-electron chi connectivity index (χ3n) is 5.50. The number of para-hydroxylation sites is 1. The Morgan fingerprint density at radius 3 is 2.60 bits per heavy atom. The number of aromatic nitrogens is 1. The predicted molar refractivity (Wildman–Crippen MR) is 129 cm³/mol. The third kappa shape index (κ3) is 4.10. The number of hydrogen-bond acceptors (Lipinski definition) is 7. The summed E-state index contributed by atoms with van der Waals surface area (Å²) in [5, 5.41) is 24.4. The fourth-order valence-corrected chi connectivity index (χ4v) is 3.92. The maximum atomic E-state index is 12.8. The smallest absolute Gasteiger partial charge is 0.291 e. The monoisotopic (exact) mass is 469 g/mol. The van der Waals surface area contributed by atoms with E-state index in [1.807, 2.05) is 26.0 Å². The SMILES string of the molecule is Cc1cc(C)c2oc(-c3cc(NC(=O)c4ccc(-c5ccccc5[N+](=O)[O-])o4)ccc3O)nc2c1. The largest absolute Gasteiger partial charge is 0.507 e. The Labute approximate surface area is 198 Å². The number of nitro benzene ring substituents is 1. The summed E-state index contributed by atoms with van der Waals surface area (Å²) in [4.78, 5) is 28.1. The van der Waals surface area contributed by atoms with Gasteiger partial charge in [0.25, 0.3) is 11.6 Å². The first kappa shape index (κ1) is 21.9. The molecule has 35 heavy (non-hydrogen) atoms. The average molecular weight is 469 g/mol. The number of aryl methyl sites for hydroxylation is 2. The zero-order chi connectivity index (χ0) is 24.7. The molecule has 0 saturated heterocycles. The van der Waals surface area contributed by atoms with Crippen LogP contribution >= 0.6 is 0 Å². The Hall–Kier alpha value is -4.92. The number of nitrogens with one attached hydrogen (secondary N) is 1. The number of carbonyl (C=O) groups is 1. The number of nitrogens with zero attached hydrogens (tertiary/aromatic N) is 2. The summed E-state index contributed by atoms with van der Waals surface area (Å²) in [6, 6.07) is 17.4. The van der Waals surface area contributed by atoms with Crippen LogP contribution in [-0.4, -0.2) is 20.9 Å². The van der Waals surface area contributed by atoms with E-state index >= 15 is 0 Å². The van der Waals surface area contributed by atoms with Crippen molar-refractivity contribution in [2.75, 3.05) is 5.32 Å². The van der Waals surface area contributed by atoms with Gasteiger partial charge in [-0.25, -0.2) is 4.98 Å². The number of oxazole rings is 1. The van der Waals surface area contributed by atoms with Crippen LogP contribution in [0.25, 0.3) is 33.9 Å². The molecule has 3 aromatic carbocycles. The van der Waals surface area contributed by atoms with Gasteiger partial charge in [-0.3, -0.25) is 14.9 Å². The Balaban J connectivity index is 1.42. The van der Waals surface area contributed by atoms with E-state index in [1.54, 1.807) is 24.3 Å². The van der Waals surface area contributed by atoms with Gasteiger partial charge in [0.15, 0.2) is 11.3 Å². The standard InChI is InChI=1S/C26H19N3O6/c1-14-11-15(2)24-19(12-14)28-26(35-24)18-13-16(7-8-21(18)30)27-25(31)23-10-9-22(34-23)17-5-3-4-6-20(17)29(32)33/h3-13,30H,1-2H3,(H,27,31). The van der Waals surface area contributed by atoms with E-state index in [0.29, 0.717) is 22.4 Å². The Bertz CT molecular complexity index is 1610. The van der Waals surface area contributed by atoms with Gasteiger partial charge >= 0.3 is 0 Å². The molecule has 0 radical (unpaired) electrons. The van der Waals surface area contributed by atoms with Gasteiger partial charge in [-0.1, -0.05) is 18.2 Å². The summed E-state index contributed by atoms with van der Waals surface area (Å²) in [5.41, 5.74) is 4.10. The van der Waals surface area contributed by atoms with Crippen molar-refractivity contribution in [3.63, 3.8) is 0 Å². The number of hydrogen-bond donors (Lipinski definition) is 2. The van der Waals surface area contributed by atoms with Gasteiger partial charge in [-0.15, -0.1) is 0 Å². The zero-order valence-corrected chi connectivity index (χ0v) is 18.7. The van der Waals surface area contributed by atoms with Crippen molar-refractivity contribution in [1.82, 2.24) is 4.98 Å². The van der Waals surface area contributed by atoms with Crippen LogP contribution in [0.2, 0.25) is 0 Å². The summed E-state index contributed by atoms with van der Waals surface area (Å²) in [5.74, 6) is -0.221. The first-order valence-electron chi connectivity index (χ1n) is 10.7. The van der Waals surface area contributed by atoms with Crippen molar-refractivity contribution in [3.05, 3.63) is 93.7 Å². The van der Waals surface area contributed by atoms with Crippen LogP contribution in [-0.2, 0) is 0 Å². The van der Waals surface area contributed by atoms with E-state index < -0.39 is 10.8 Å². The highest BCUT2D eigenvalue weighted by Gasteiger charge is 2.20. The molecule has 9 heteroatoms. The number of phenols is 1. The molecule has 5 rings (SSSR count). The summed E-state index contributed by atoms with van der Waals surface area (Å²) >= 11 is 0. The molecular formula is C26H19N3O6. The van der Waals surface area contributed by atoms with E-state index in [9.17, 15) is 20.0 Å². The van der Waals surface area contributed by atoms with Crippen molar-refractivity contribution in [1.29, 1.82) is 0 Å². The normalized spacial score (nSPS) is 11.0. The molecule has 174 valence electrons. The predicted octanol–water partition coefficient (Wildman–Crippen LogP) is 6.24. The Morgan fingerprint density at radius 2 is 1.80 bits per heavy atom. The molecule has 0 aliphatic carbocycles. The fourth-order valence-electron chi connectivity index (χ4n) is 3.92. The second-order valence-corrected chi connectivity index (χ2v) is 8.07. The molecule has 2 aromatic heterocycles. The molecule has 9 nitrogen and oxygen atoms in total. The molecule has 1 amide bonds. The summed E-state index contributed by atoms with van der Waals surface area (Å²) in [7, 11) is 0. The van der Waals surface area contributed by atoms with Crippen LogP contribution in [0.5, 0.6) is 5.75 Å². The van der Waals surface area contributed by atoms with Gasteiger partial charge in [0, 0.05) is 11.8 Å². The number of phenolic OH excluding ortho intramolecular Hbond substituents is 1. The Morgan fingerprint density at radius 1 is 1.00 bits per heavy atom. The molecule has 2 heterocycles. The van der Waals surface area contributed by atoms with E-state index in [0.717, 1.165) is 11.1 Å². The quantitative estimate of drug-likeness (QED) is 0.177. The minimum absolute atomic E-state index is 0.0271. The number of benzene rings is 3. The van der Waals surface area contributed by atoms with Crippen molar-refractivity contribution in [3.8, 4) is 28.5 Å². The van der Waals surface area contributed by atoms with Crippen LogP contribution < -0.4 is 5.32 Å². The van der Waals surface area contributed by atoms with Crippen molar-refractivity contribution in [2.24, 2.45) is 0 Å². The molecule has 0 spiro atoms. The van der Waals surface area contributed by atoms with E-state index in [2.05, 4.69) is 10.3 Å². The van der Waals surface area contributed by atoms with Gasteiger partial charge in [0.1, 0.15) is 17.0 Å². The highest BCUT2D eigenvalue weighted by Crippen LogP contribution is 2.35. The number of amides is 1. The molecule has 0 aliphatic heterocycles. The van der Waals surface area contributed by atoms with Crippen LogP contribution in [0.4, 0.5) is 11.4 Å². The Kier molecular flexibility index (Phi) is 5.29. The number of anilines is 1. The molecular weight excluding hydrogens is 450 g/mol. The molecule has 0 bridgehead atoms. The number of aromatic hydroxyl groups is 1. The van der Waals surface area contributed by atoms with E-state index in [1.165, 1.54) is 30.3 Å². The van der Waals surface area contributed by atoms with Gasteiger partial charge in [0.2, 0.25) is 5.89 Å². The number of rotatable bonds is 5. The molecule has 0 atom stereocenters. The molecule has 0 fully saturated rings. The number of nitro groups is 1. The van der Waals surface area contributed by atoms with Gasteiger partial charge in [-0.2, -0.15) is 0 Å². The number of fused-ring (bicyclic) bond motifs is 1. The van der Waals surface area contributed by atoms with Crippen LogP contribution in [0.1, 0.15) is 21.7 Å². The molecule has 5 aromatic rings. The van der Waals surface area contributed by atoms with Gasteiger partial charge in [0.05, 0.1) is 16.1 Å². The van der Waals surface area contributed by atoms with Crippen molar-refractivity contribution >= 4 is 28.4 Å². The van der Waals surface area contributed by atoms with Gasteiger partial charge in [-0.05, 0) is 67.4 Å². The number of furan rings is 1. The van der Waals surface area contributed by atoms with Crippen LogP contribution in [0.3, 0.4) is 0 Å². The zero-order valence-electron chi connectivity index (χ0n) is 18.7. The summed E-state index contributed by atoms with van der Waals surface area (Å²) < 4.78 is 11.5. The molecule has 0 unspecified atom stereocenters. The highest BCUT2D eigenvalue weighted by molar-refractivity contribution is 6.03. The maximum absolute atomic E-state index is 12.8. The minimum Gasteiger partial charge on any atom is -0.507 e. The van der Waals surface area contributed by atoms with Crippen LogP contribution in [0, 0.1) is 24.0 Å². The lowest BCUT2D eigenvalue weighted by Gasteiger charge is -2.06. The van der Waals surface area contributed by atoms with E-state index in [-0.39, 0.29) is 34.4 Å².